The number of hydrazine groups is 1. The average molecular weight is 103 g/mol. The lowest BCUT2D eigenvalue weighted by atomic mass is 10.7. The first-order valence-corrected chi connectivity index (χ1v) is 2.57. The van der Waals surface area contributed by atoms with Crippen LogP contribution in [0.15, 0.2) is 0 Å². The van der Waals surface area contributed by atoms with Gasteiger partial charge in [0.1, 0.15) is 0 Å². The molecule has 44 valence electrons. The molecule has 0 saturated carbocycles. The molecule has 0 radical (unpaired) electrons. The van der Waals surface area contributed by atoms with Gasteiger partial charge in [0.15, 0.2) is 0 Å². The summed E-state index contributed by atoms with van der Waals surface area (Å²) in [7, 11) is 0. The van der Waals surface area contributed by atoms with Crippen LogP contribution in [0.4, 0.5) is 0 Å². The molecule has 0 amide bonds. The van der Waals surface area contributed by atoms with Crippen LogP contribution in [0.1, 0.15) is 6.92 Å². The van der Waals surface area contributed by atoms with Crippen molar-refractivity contribution in [3.05, 3.63) is 0 Å². The molecule has 4 N–H and O–H groups in total. The number of nitrogens with one attached hydrogen (secondary N) is 2. The number of rotatable bonds is 4. The topological polar surface area (TPSA) is 50.1 Å². The lowest BCUT2D eigenvalue weighted by molar-refractivity contribution is 0.558. The Kier molecular flexibility index (Phi) is 5.78. The lowest BCUT2D eigenvalue weighted by Gasteiger charge is -1.98. The fourth-order valence-corrected chi connectivity index (χ4v) is 0.286. The summed E-state index contributed by atoms with van der Waals surface area (Å²) >= 11 is 0. The summed E-state index contributed by atoms with van der Waals surface area (Å²) in [6.07, 6.45) is 0. The van der Waals surface area contributed by atoms with E-state index in [2.05, 4.69) is 10.9 Å². The highest BCUT2D eigenvalue weighted by Crippen LogP contribution is 1.45. The number of hydrogen-bond acceptors (Lipinski definition) is 3. The van der Waals surface area contributed by atoms with Crippen molar-refractivity contribution < 1.29 is 0 Å². The van der Waals surface area contributed by atoms with Crippen molar-refractivity contribution in [3.63, 3.8) is 0 Å². The Balaban J connectivity index is 2.45. The van der Waals surface area contributed by atoms with E-state index in [0.717, 1.165) is 13.1 Å². The van der Waals surface area contributed by atoms with Gasteiger partial charge >= 0.3 is 0 Å². The highest BCUT2D eigenvalue weighted by atomic mass is 15.3. The molecule has 0 aliphatic rings. The van der Waals surface area contributed by atoms with Crippen molar-refractivity contribution in [2.75, 3.05) is 19.6 Å². The Morgan fingerprint density at radius 2 is 2.14 bits per heavy atom. The third-order valence-corrected chi connectivity index (χ3v) is 0.571. The quantitative estimate of drug-likeness (QED) is 0.318. The largest absolute Gasteiger partial charge is 0.329 e. The van der Waals surface area contributed by atoms with Gasteiger partial charge in [0.05, 0.1) is 0 Å². The predicted octanol–water partition coefficient (Wildman–Crippen LogP) is -0.941. The Morgan fingerprint density at radius 1 is 1.43 bits per heavy atom. The van der Waals surface area contributed by atoms with Gasteiger partial charge in [-0.05, 0) is 0 Å². The molecule has 0 unspecified atom stereocenters. The van der Waals surface area contributed by atoms with E-state index in [9.17, 15) is 0 Å². The second kappa shape index (κ2) is 5.88. The molecule has 7 heavy (non-hydrogen) atoms. The van der Waals surface area contributed by atoms with Crippen LogP contribution in [0.25, 0.3) is 0 Å². The molecule has 0 aliphatic carbocycles. The highest BCUT2D eigenvalue weighted by molar-refractivity contribution is 4.36. The molecule has 3 nitrogen and oxygen atoms in total. The molecule has 0 saturated heterocycles. The van der Waals surface area contributed by atoms with Crippen LogP contribution in [-0.2, 0) is 0 Å². The van der Waals surface area contributed by atoms with Crippen molar-refractivity contribution >= 4 is 0 Å². The van der Waals surface area contributed by atoms with Crippen LogP contribution in [0.3, 0.4) is 0 Å². The minimum absolute atomic E-state index is 0.688. The maximum absolute atomic E-state index is 5.17. The molecule has 0 spiro atoms. The van der Waals surface area contributed by atoms with Crippen LogP contribution >= 0.6 is 0 Å². The Morgan fingerprint density at radius 3 is 2.57 bits per heavy atom. The monoisotopic (exact) mass is 103 g/mol. The van der Waals surface area contributed by atoms with Crippen molar-refractivity contribution in [2.24, 2.45) is 5.73 Å². The zero-order valence-electron chi connectivity index (χ0n) is 4.70. The first-order valence-electron chi connectivity index (χ1n) is 2.57. The first-order chi connectivity index (χ1) is 3.41. The van der Waals surface area contributed by atoms with E-state index < -0.39 is 0 Å². The maximum Gasteiger partial charge on any atom is 0.0223 e. The zero-order valence-corrected chi connectivity index (χ0v) is 4.70. The van der Waals surface area contributed by atoms with Crippen LogP contribution in [0.5, 0.6) is 0 Å². The molecular weight excluding hydrogens is 90.1 g/mol. The van der Waals surface area contributed by atoms with E-state index in [1.54, 1.807) is 0 Å². The van der Waals surface area contributed by atoms with Crippen molar-refractivity contribution in [3.8, 4) is 0 Å². The normalized spacial score (nSPS) is 9.43. The van der Waals surface area contributed by atoms with E-state index >= 15 is 0 Å². The third kappa shape index (κ3) is 5.88. The Hall–Kier alpha value is -0.120. The summed E-state index contributed by atoms with van der Waals surface area (Å²) in [6.45, 7) is 4.50. The number of nitrogens with two attached hydrogens (primary N) is 1. The zero-order chi connectivity index (χ0) is 5.54. The molecular formula is C4H13N3. The molecule has 0 aromatic carbocycles. The predicted molar refractivity (Wildman–Crippen MR) is 30.7 cm³/mol. The second-order valence-electron chi connectivity index (χ2n) is 1.25. The van der Waals surface area contributed by atoms with Gasteiger partial charge in [0.25, 0.3) is 0 Å². The van der Waals surface area contributed by atoms with Crippen LogP contribution in [0, 0.1) is 0 Å². The molecule has 0 bridgehead atoms. The highest BCUT2D eigenvalue weighted by Gasteiger charge is 1.74. The Labute approximate surface area is 44.2 Å². The summed E-state index contributed by atoms with van der Waals surface area (Å²) in [5, 5.41) is 0. The molecule has 0 aliphatic heterocycles. The maximum atomic E-state index is 5.17. The summed E-state index contributed by atoms with van der Waals surface area (Å²) < 4.78 is 0. The Bertz CT molecular complexity index is 26.1. The SMILES string of the molecule is CCNNCCN. The molecule has 0 rings (SSSR count). The molecule has 0 heterocycles. The van der Waals surface area contributed by atoms with Gasteiger partial charge in [-0.2, -0.15) is 0 Å². The van der Waals surface area contributed by atoms with Crippen molar-refractivity contribution in [1.29, 1.82) is 0 Å². The molecule has 3 heteroatoms. The third-order valence-electron chi connectivity index (χ3n) is 0.571. The standard InChI is InChI=1S/C4H13N3/c1-2-6-7-4-3-5/h6-7H,2-5H2,1H3. The molecule has 0 atom stereocenters. The van der Waals surface area contributed by atoms with Gasteiger partial charge in [0, 0.05) is 19.6 Å². The van der Waals surface area contributed by atoms with Gasteiger partial charge in [0.2, 0.25) is 0 Å². The summed E-state index contributed by atoms with van der Waals surface area (Å²) in [5.41, 5.74) is 11.0. The van der Waals surface area contributed by atoms with E-state index in [-0.39, 0.29) is 0 Å². The smallest absolute Gasteiger partial charge is 0.0223 e. The first kappa shape index (κ1) is 6.88. The van der Waals surface area contributed by atoms with E-state index in [4.69, 9.17) is 5.73 Å². The summed E-state index contributed by atoms with van der Waals surface area (Å²) in [5.74, 6) is 0. The van der Waals surface area contributed by atoms with Crippen LogP contribution in [0.2, 0.25) is 0 Å². The van der Waals surface area contributed by atoms with Gasteiger partial charge in [-0.3, -0.25) is 10.9 Å². The van der Waals surface area contributed by atoms with Crippen LogP contribution in [-0.4, -0.2) is 19.6 Å². The van der Waals surface area contributed by atoms with Crippen molar-refractivity contribution in [1.82, 2.24) is 10.9 Å². The van der Waals surface area contributed by atoms with Crippen LogP contribution < -0.4 is 16.6 Å². The van der Waals surface area contributed by atoms with E-state index in [1.165, 1.54) is 0 Å². The van der Waals surface area contributed by atoms with Gasteiger partial charge < -0.3 is 5.73 Å². The van der Waals surface area contributed by atoms with Gasteiger partial charge in [-0.1, -0.05) is 6.92 Å². The van der Waals surface area contributed by atoms with E-state index in [1.807, 2.05) is 6.92 Å². The lowest BCUT2D eigenvalue weighted by Crippen LogP contribution is -2.35. The minimum Gasteiger partial charge on any atom is -0.329 e. The number of hydrogen-bond donors (Lipinski definition) is 3. The summed E-state index contributed by atoms with van der Waals surface area (Å²) in [6, 6.07) is 0. The van der Waals surface area contributed by atoms with Gasteiger partial charge in [-0.25, -0.2) is 0 Å². The fourth-order valence-electron chi connectivity index (χ4n) is 0.286. The van der Waals surface area contributed by atoms with Gasteiger partial charge in [-0.15, -0.1) is 0 Å². The average Bonchev–Trinajstić information content (AvgIpc) is 1.69. The molecule has 0 aromatic heterocycles. The fraction of sp³-hybridized carbons (Fsp3) is 1.00. The van der Waals surface area contributed by atoms with Crippen molar-refractivity contribution in [2.45, 2.75) is 6.92 Å². The molecule has 0 fully saturated rings. The molecule has 0 aromatic rings. The minimum atomic E-state index is 0.688. The summed E-state index contributed by atoms with van der Waals surface area (Å²) in [4.78, 5) is 0. The second-order valence-corrected chi connectivity index (χ2v) is 1.25. The van der Waals surface area contributed by atoms with E-state index in [0.29, 0.717) is 6.54 Å².